The summed E-state index contributed by atoms with van der Waals surface area (Å²) in [4.78, 5) is 45.8. The third-order valence-corrected chi connectivity index (χ3v) is 9.62. The first-order chi connectivity index (χ1) is 25.1. The number of carboxylic acids is 1. The highest BCUT2D eigenvalue weighted by atomic mass is 31.2. The van der Waals surface area contributed by atoms with Crippen LogP contribution in [0.25, 0.3) is 0 Å². The van der Waals surface area contributed by atoms with Crippen LogP contribution in [0.15, 0.2) is 24.3 Å². The number of phosphoric ester groups is 1. The predicted molar refractivity (Wildman–Crippen MR) is 208 cm³/mol. The van der Waals surface area contributed by atoms with Crippen LogP contribution < -0.4 is 5.73 Å². The summed E-state index contributed by atoms with van der Waals surface area (Å²) < 4.78 is 32.6. The number of carbonyl (C=O) groups excluding carboxylic acids is 2. The predicted octanol–water partition coefficient (Wildman–Crippen LogP) is 10.3. The lowest BCUT2D eigenvalue weighted by atomic mass is 10.1. The lowest BCUT2D eigenvalue weighted by molar-refractivity contribution is -0.161. The Morgan fingerprint density at radius 1 is 0.577 bits per heavy atom. The molecule has 0 aliphatic heterocycles. The molecule has 12 heteroatoms. The molecule has 304 valence electrons. The Morgan fingerprint density at radius 2 is 0.962 bits per heavy atom. The lowest BCUT2D eigenvalue weighted by Gasteiger charge is -2.20. The van der Waals surface area contributed by atoms with Crippen molar-refractivity contribution in [2.45, 2.75) is 193 Å². The van der Waals surface area contributed by atoms with E-state index in [2.05, 4.69) is 42.7 Å². The molecule has 0 spiro atoms. The Balaban J connectivity index is 4.43. The fourth-order valence-electron chi connectivity index (χ4n) is 5.41. The number of rotatable bonds is 38. The van der Waals surface area contributed by atoms with Gasteiger partial charge in [-0.1, -0.05) is 128 Å². The first-order valence-corrected chi connectivity index (χ1v) is 21.9. The average molecular weight is 760 g/mol. The van der Waals surface area contributed by atoms with Crippen LogP contribution in [-0.2, 0) is 37.5 Å². The minimum Gasteiger partial charge on any atom is -0.480 e. The summed E-state index contributed by atoms with van der Waals surface area (Å²) in [7, 11) is -4.71. The van der Waals surface area contributed by atoms with Gasteiger partial charge >= 0.3 is 25.7 Å². The molecular weight excluding hydrogens is 685 g/mol. The van der Waals surface area contributed by atoms with Crippen molar-refractivity contribution in [1.29, 1.82) is 0 Å². The zero-order valence-corrected chi connectivity index (χ0v) is 33.5. The molecule has 0 saturated heterocycles. The Labute approximate surface area is 315 Å². The van der Waals surface area contributed by atoms with E-state index in [4.69, 9.17) is 24.8 Å². The maximum atomic E-state index is 12.6. The molecule has 0 aliphatic rings. The van der Waals surface area contributed by atoms with Crippen LogP contribution in [0.2, 0.25) is 0 Å². The van der Waals surface area contributed by atoms with Crippen molar-refractivity contribution in [3.8, 4) is 0 Å². The molecule has 0 aromatic heterocycles. The quantitative estimate of drug-likeness (QED) is 0.0237. The molecule has 0 heterocycles. The van der Waals surface area contributed by atoms with Crippen LogP contribution in [0.4, 0.5) is 0 Å². The van der Waals surface area contributed by atoms with E-state index < -0.39 is 51.1 Å². The summed E-state index contributed by atoms with van der Waals surface area (Å²) in [5.74, 6) is -2.41. The summed E-state index contributed by atoms with van der Waals surface area (Å²) in [5.41, 5.74) is 5.32. The zero-order valence-electron chi connectivity index (χ0n) is 32.7. The molecule has 0 rings (SSSR count). The van der Waals surface area contributed by atoms with E-state index in [1.54, 1.807) is 0 Å². The molecular formula is C40H74NO10P. The number of esters is 2. The molecule has 4 N–H and O–H groups in total. The van der Waals surface area contributed by atoms with Crippen LogP contribution in [0.1, 0.15) is 181 Å². The van der Waals surface area contributed by atoms with Crippen LogP contribution in [0.5, 0.6) is 0 Å². The number of ether oxygens (including phenoxy) is 2. The summed E-state index contributed by atoms with van der Waals surface area (Å²) in [6.45, 7) is 2.75. The molecule has 0 fully saturated rings. The highest BCUT2D eigenvalue weighted by Gasteiger charge is 2.28. The summed E-state index contributed by atoms with van der Waals surface area (Å²) >= 11 is 0. The molecule has 52 heavy (non-hydrogen) atoms. The molecule has 0 saturated carbocycles. The zero-order chi connectivity index (χ0) is 38.5. The van der Waals surface area contributed by atoms with E-state index in [0.717, 1.165) is 64.2 Å². The van der Waals surface area contributed by atoms with Crippen molar-refractivity contribution in [2.24, 2.45) is 5.73 Å². The van der Waals surface area contributed by atoms with Crippen molar-refractivity contribution < 1.29 is 47.5 Å². The Bertz CT molecular complexity index is 989. The van der Waals surface area contributed by atoms with Gasteiger partial charge in [0.05, 0.1) is 13.2 Å². The number of carboxylic acid groups (broad SMARTS) is 1. The van der Waals surface area contributed by atoms with Gasteiger partial charge in [0.15, 0.2) is 6.10 Å². The van der Waals surface area contributed by atoms with Crippen LogP contribution in [-0.4, -0.2) is 59.9 Å². The van der Waals surface area contributed by atoms with Gasteiger partial charge in [-0.25, -0.2) is 4.57 Å². The van der Waals surface area contributed by atoms with Crippen molar-refractivity contribution in [3.05, 3.63) is 24.3 Å². The van der Waals surface area contributed by atoms with E-state index in [-0.39, 0.29) is 19.4 Å². The first kappa shape index (κ1) is 50.0. The molecule has 3 atom stereocenters. The number of phosphoric acid groups is 1. The van der Waals surface area contributed by atoms with Gasteiger partial charge in [-0.05, 0) is 64.2 Å². The van der Waals surface area contributed by atoms with E-state index in [1.807, 2.05) is 0 Å². The lowest BCUT2D eigenvalue weighted by Crippen LogP contribution is -2.34. The van der Waals surface area contributed by atoms with E-state index in [1.165, 1.54) is 77.0 Å². The number of unbranched alkanes of at least 4 members (excludes halogenated alkanes) is 20. The van der Waals surface area contributed by atoms with Crippen LogP contribution in [0, 0.1) is 0 Å². The number of allylic oxidation sites excluding steroid dienone is 4. The van der Waals surface area contributed by atoms with Crippen LogP contribution >= 0.6 is 7.82 Å². The molecule has 0 radical (unpaired) electrons. The first-order valence-electron chi connectivity index (χ1n) is 20.4. The second-order valence-corrected chi connectivity index (χ2v) is 15.2. The normalized spacial score (nSPS) is 14.1. The molecule has 11 nitrogen and oxygen atoms in total. The smallest absolute Gasteiger partial charge is 0.472 e. The summed E-state index contributed by atoms with van der Waals surface area (Å²) in [6, 6.07) is -1.52. The van der Waals surface area contributed by atoms with Gasteiger partial charge in [-0.2, -0.15) is 0 Å². The van der Waals surface area contributed by atoms with E-state index >= 15 is 0 Å². The second kappa shape index (κ2) is 36.0. The number of hydrogen-bond donors (Lipinski definition) is 3. The van der Waals surface area contributed by atoms with E-state index in [0.29, 0.717) is 12.8 Å². The largest absolute Gasteiger partial charge is 0.480 e. The highest BCUT2D eigenvalue weighted by Crippen LogP contribution is 2.43. The molecule has 1 unspecified atom stereocenters. The van der Waals surface area contributed by atoms with Crippen LogP contribution in [0.3, 0.4) is 0 Å². The van der Waals surface area contributed by atoms with E-state index in [9.17, 15) is 23.8 Å². The fourth-order valence-corrected chi connectivity index (χ4v) is 6.18. The molecule has 0 aromatic carbocycles. The molecule has 0 bridgehead atoms. The maximum Gasteiger partial charge on any atom is 0.472 e. The highest BCUT2D eigenvalue weighted by molar-refractivity contribution is 7.47. The molecule has 0 amide bonds. The van der Waals surface area contributed by atoms with Gasteiger partial charge in [0, 0.05) is 12.8 Å². The third-order valence-electron chi connectivity index (χ3n) is 8.67. The van der Waals surface area contributed by atoms with Crippen molar-refractivity contribution >= 4 is 25.7 Å². The van der Waals surface area contributed by atoms with Gasteiger partial charge < -0.3 is 25.2 Å². The monoisotopic (exact) mass is 760 g/mol. The standard InChI is InChI=1S/C40H74NO10P/c1-3-5-7-9-11-13-15-17-18-20-21-23-25-27-29-31-38(42)48-33-36(34-49-52(46,47)50-35-37(41)40(44)45)51-39(43)32-30-28-26-24-22-19-16-14-12-10-8-6-4-2/h14,16,20-21,36-37H,3-13,15,17-19,22-35,41H2,1-2H3,(H,44,45)(H,46,47)/b16-14+,21-20+/t36-,37+/m1/s1. The number of nitrogens with two attached hydrogens (primary N) is 1. The topological polar surface area (TPSA) is 172 Å². The molecule has 0 aromatic rings. The number of carbonyl (C=O) groups is 3. The fraction of sp³-hybridized carbons (Fsp3) is 0.825. The average Bonchev–Trinajstić information content (AvgIpc) is 3.12. The van der Waals surface area contributed by atoms with Gasteiger partial charge in [0.25, 0.3) is 0 Å². The van der Waals surface area contributed by atoms with Gasteiger partial charge in [-0.15, -0.1) is 0 Å². The number of hydrogen-bond acceptors (Lipinski definition) is 9. The third kappa shape index (κ3) is 35.0. The van der Waals surface area contributed by atoms with Gasteiger partial charge in [0.1, 0.15) is 12.6 Å². The Hall–Kier alpha value is -2.04. The Kier molecular flexibility index (Phi) is 34.6. The molecule has 0 aliphatic carbocycles. The summed E-state index contributed by atoms with van der Waals surface area (Å²) in [6.07, 6.45) is 35.3. The number of aliphatic carboxylic acids is 1. The van der Waals surface area contributed by atoms with Crippen molar-refractivity contribution in [1.82, 2.24) is 0 Å². The minimum atomic E-state index is -4.71. The van der Waals surface area contributed by atoms with Crippen molar-refractivity contribution in [2.75, 3.05) is 19.8 Å². The SMILES string of the molecule is CCCCCC/C=C/CCCCCCCC(=O)O[C@H](COC(=O)CCCCC/C=C/CCCCCCCCCC)COP(=O)(O)OC[C@H](N)C(=O)O. The van der Waals surface area contributed by atoms with Gasteiger partial charge in [0.2, 0.25) is 0 Å². The second-order valence-electron chi connectivity index (χ2n) is 13.8. The Morgan fingerprint density at radius 3 is 1.44 bits per heavy atom. The summed E-state index contributed by atoms with van der Waals surface area (Å²) in [5, 5.41) is 8.87. The maximum absolute atomic E-state index is 12.6. The van der Waals surface area contributed by atoms with Gasteiger partial charge in [-0.3, -0.25) is 23.4 Å². The minimum absolute atomic E-state index is 0.149. The van der Waals surface area contributed by atoms with Crippen molar-refractivity contribution in [3.63, 3.8) is 0 Å².